The van der Waals surface area contributed by atoms with Gasteiger partial charge in [0, 0.05) is 35.3 Å². The van der Waals surface area contributed by atoms with Crippen molar-refractivity contribution in [2.45, 2.75) is 25.8 Å². The van der Waals surface area contributed by atoms with Crippen LogP contribution in [0.2, 0.25) is 0 Å². The van der Waals surface area contributed by atoms with Gasteiger partial charge in [0.2, 0.25) is 5.91 Å². The smallest absolute Gasteiger partial charge is 0.226 e. The number of likely N-dealkylation sites (N-methyl/N-ethyl adjacent to an activating group) is 1. The van der Waals surface area contributed by atoms with E-state index in [0.29, 0.717) is 21.6 Å². The molecule has 0 unspecified atom stereocenters. The van der Waals surface area contributed by atoms with Crippen LogP contribution in [-0.4, -0.2) is 29.4 Å². The van der Waals surface area contributed by atoms with Crippen molar-refractivity contribution in [3.05, 3.63) is 44.6 Å². The molecule has 0 saturated heterocycles. The van der Waals surface area contributed by atoms with Crippen LogP contribution in [0.25, 0.3) is 0 Å². The Hall–Kier alpha value is -1.31. The average molecular weight is 398 g/mol. The van der Waals surface area contributed by atoms with E-state index < -0.39 is 0 Å². The highest BCUT2D eigenvalue weighted by molar-refractivity contribution is 9.10. The number of aromatic nitrogens is 1. The van der Waals surface area contributed by atoms with E-state index in [2.05, 4.69) is 38.2 Å². The molecule has 23 heavy (non-hydrogen) atoms. The van der Waals surface area contributed by atoms with Crippen LogP contribution < -0.4 is 5.32 Å². The number of hydrogen-bond donors (Lipinski definition) is 1. The maximum absolute atomic E-state index is 13.7. The van der Waals surface area contributed by atoms with Crippen molar-refractivity contribution in [3.63, 3.8) is 0 Å². The molecule has 122 valence electrons. The van der Waals surface area contributed by atoms with Crippen LogP contribution >= 0.6 is 27.3 Å². The highest BCUT2D eigenvalue weighted by Crippen LogP contribution is 2.27. The highest BCUT2D eigenvalue weighted by atomic mass is 79.9. The summed E-state index contributed by atoms with van der Waals surface area (Å²) in [4.78, 5) is 20.0. The summed E-state index contributed by atoms with van der Waals surface area (Å²) in [5.41, 5.74) is 1.63. The number of anilines is 1. The van der Waals surface area contributed by atoms with Gasteiger partial charge in [-0.1, -0.05) is 22.0 Å². The SMILES string of the molecule is CN1CCc2nc(NC(=O)CCc3ccc(Br)cc3F)sc2C1. The Morgan fingerprint density at radius 3 is 3.13 bits per heavy atom. The molecule has 1 aliphatic heterocycles. The molecule has 0 bridgehead atoms. The number of hydrogen-bond acceptors (Lipinski definition) is 4. The molecule has 0 radical (unpaired) electrons. The van der Waals surface area contributed by atoms with Gasteiger partial charge in [-0.05, 0) is 31.2 Å². The minimum atomic E-state index is -0.292. The molecule has 0 spiro atoms. The average Bonchev–Trinajstić information content (AvgIpc) is 2.87. The normalized spacial score (nSPS) is 14.6. The van der Waals surface area contributed by atoms with Crippen LogP contribution in [0.3, 0.4) is 0 Å². The summed E-state index contributed by atoms with van der Waals surface area (Å²) in [5, 5.41) is 3.48. The lowest BCUT2D eigenvalue weighted by Gasteiger charge is -2.20. The Bertz CT molecular complexity index is 734. The molecular formula is C16H17BrFN3OS. The van der Waals surface area contributed by atoms with Crippen molar-refractivity contribution in [1.82, 2.24) is 9.88 Å². The number of aryl methyl sites for hydroxylation is 1. The fourth-order valence-electron chi connectivity index (χ4n) is 2.53. The van der Waals surface area contributed by atoms with Crippen molar-refractivity contribution >= 4 is 38.3 Å². The van der Waals surface area contributed by atoms with E-state index in [4.69, 9.17) is 0 Å². The number of carbonyl (C=O) groups excluding carboxylic acids is 1. The van der Waals surface area contributed by atoms with E-state index >= 15 is 0 Å². The molecule has 0 aliphatic carbocycles. The van der Waals surface area contributed by atoms with Gasteiger partial charge in [-0.25, -0.2) is 9.37 Å². The van der Waals surface area contributed by atoms with Crippen LogP contribution in [0.15, 0.2) is 22.7 Å². The molecule has 1 amide bonds. The summed E-state index contributed by atoms with van der Waals surface area (Å²) in [6, 6.07) is 4.89. The van der Waals surface area contributed by atoms with Gasteiger partial charge in [0.25, 0.3) is 0 Å². The second-order valence-electron chi connectivity index (χ2n) is 5.66. The standard InChI is InChI=1S/C16H17BrFN3OS/c1-21-7-6-13-14(9-21)23-16(19-13)20-15(22)5-3-10-2-4-11(17)8-12(10)18/h2,4,8H,3,5-7,9H2,1H3,(H,19,20,22). The van der Waals surface area contributed by atoms with E-state index in [1.807, 2.05) is 0 Å². The second kappa shape index (κ2) is 7.07. The largest absolute Gasteiger partial charge is 0.302 e. The summed E-state index contributed by atoms with van der Waals surface area (Å²) >= 11 is 4.75. The lowest BCUT2D eigenvalue weighted by Crippen LogP contribution is -2.25. The predicted octanol–water partition coefficient (Wildman–Crippen LogP) is 3.60. The van der Waals surface area contributed by atoms with E-state index in [1.165, 1.54) is 22.3 Å². The lowest BCUT2D eigenvalue weighted by atomic mass is 10.1. The monoisotopic (exact) mass is 397 g/mol. The third-order valence-corrected chi connectivity index (χ3v) is 5.30. The molecule has 1 aromatic heterocycles. The first-order valence-electron chi connectivity index (χ1n) is 7.42. The Morgan fingerprint density at radius 2 is 2.35 bits per heavy atom. The van der Waals surface area contributed by atoms with Crippen molar-refractivity contribution in [3.8, 4) is 0 Å². The van der Waals surface area contributed by atoms with Crippen molar-refractivity contribution in [2.75, 3.05) is 18.9 Å². The van der Waals surface area contributed by atoms with Crippen LogP contribution in [0.5, 0.6) is 0 Å². The van der Waals surface area contributed by atoms with Gasteiger partial charge in [-0.2, -0.15) is 0 Å². The Morgan fingerprint density at radius 1 is 1.52 bits per heavy atom. The van der Waals surface area contributed by atoms with Gasteiger partial charge in [-0.3, -0.25) is 4.79 Å². The zero-order valence-corrected chi connectivity index (χ0v) is 15.1. The first-order valence-corrected chi connectivity index (χ1v) is 9.03. The molecule has 1 aliphatic rings. The quantitative estimate of drug-likeness (QED) is 0.856. The van der Waals surface area contributed by atoms with Gasteiger partial charge in [0.15, 0.2) is 5.13 Å². The number of amides is 1. The topological polar surface area (TPSA) is 45.2 Å². The lowest BCUT2D eigenvalue weighted by molar-refractivity contribution is -0.116. The van der Waals surface area contributed by atoms with Gasteiger partial charge >= 0.3 is 0 Å². The third-order valence-electron chi connectivity index (χ3n) is 3.80. The first kappa shape index (κ1) is 16.5. The number of rotatable bonds is 4. The molecule has 3 rings (SSSR count). The molecule has 2 aromatic rings. The number of thiazole rings is 1. The number of halogens is 2. The van der Waals surface area contributed by atoms with E-state index in [9.17, 15) is 9.18 Å². The summed E-state index contributed by atoms with van der Waals surface area (Å²) in [6.07, 6.45) is 1.53. The Kier molecular flexibility index (Phi) is 5.08. The number of benzene rings is 1. The van der Waals surface area contributed by atoms with E-state index in [-0.39, 0.29) is 18.1 Å². The maximum Gasteiger partial charge on any atom is 0.226 e. The van der Waals surface area contributed by atoms with Gasteiger partial charge in [0.1, 0.15) is 5.82 Å². The number of fused-ring (bicyclic) bond motifs is 1. The van der Waals surface area contributed by atoms with Crippen molar-refractivity contribution in [2.24, 2.45) is 0 Å². The zero-order valence-electron chi connectivity index (χ0n) is 12.7. The van der Waals surface area contributed by atoms with Crippen LogP contribution in [0, 0.1) is 5.82 Å². The predicted molar refractivity (Wildman–Crippen MR) is 93.2 cm³/mol. The maximum atomic E-state index is 13.7. The molecule has 1 N–H and O–H groups in total. The minimum absolute atomic E-state index is 0.133. The minimum Gasteiger partial charge on any atom is -0.302 e. The molecule has 2 heterocycles. The highest BCUT2D eigenvalue weighted by Gasteiger charge is 2.19. The zero-order chi connectivity index (χ0) is 16.4. The molecule has 1 aromatic carbocycles. The fraction of sp³-hybridized carbons (Fsp3) is 0.375. The van der Waals surface area contributed by atoms with Crippen LogP contribution in [-0.2, 0) is 24.2 Å². The van der Waals surface area contributed by atoms with Crippen molar-refractivity contribution in [1.29, 1.82) is 0 Å². The first-order chi connectivity index (χ1) is 11.0. The van der Waals surface area contributed by atoms with Gasteiger partial charge in [-0.15, -0.1) is 11.3 Å². The summed E-state index contributed by atoms with van der Waals surface area (Å²) in [6.45, 7) is 1.87. The number of nitrogens with one attached hydrogen (secondary N) is 1. The summed E-state index contributed by atoms with van der Waals surface area (Å²) in [5.74, 6) is -0.424. The fourth-order valence-corrected chi connectivity index (χ4v) is 3.97. The van der Waals surface area contributed by atoms with E-state index in [1.54, 1.807) is 12.1 Å². The van der Waals surface area contributed by atoms with Gasteiger partial charge < -0.3 is 10.2 Å². The summed E-state index contributed by atoms with van der Waals surface area (Å²) in [7, 11) is 2.08. The van der Waals surface area contributed by atoms with Crippen LogP contribution in [0.4, 0.5) is 9.52 Å². The second-order valence-corrected chi connectivity index (χ2v) is 7.66. The molecule has 0 fully saturated rings. The number of carbonyl (C=O) groups is 1. The molecule has 7 heteroatoms. The van der Waals surface area contributed by atoms with Crippen LogP contribution in [0.1, 0.15) is 22.6 Å². The molecular weight excluding hydrogens is 381 g/mol. The van der Waals surface area contributed by atoms with E-state index in [0.717, 1.165) is 25.2 Å². The Labute approximate surface area is 146 Å². The number of nitrogens with zero attached hydrogens (tertiary/aromatic N) is 2. The third kappa shape index (κ3) is 4.16. The molecule has 0 atom stereocenters. The molecule has 0 saturated carbocycles. The molecule has 4 nitrogen and oxygen atoms in total. The van der Waals surface area contributed by atoms with Gasteiger partial charge in [0.05, 0.1) is 5.69 Å². The Balaban J connectivity index is 1.57. The summed E-state index contributed by atoms with van der Waals surface area (Å²) < 4.78 is 14.4. The van der Waals surface area contributed by atoms with Crippen molar-refractivity contribution < 1.29 is 9.18 Å².